The van der Waals surface area contributed by atoms with Crippen LogP contribution in [0.4, 0.5) is 5.69 Å². The van der Waals surface area contributed by atoms with Crippen LogP contribution in [0.1, 0.15) is 32.6 Å². The Morgan fingerprint density at radius 2 is 1.95 bits per heavy atom. The fraction of sp³-hybridized carbons (Fsp3) is 0.467. The first-order chi connectivity index (χ1) is 9.97. The number of nitrogens with one attached hydrogen (secondary N) is 1. The highest BCUT2D eigenvalue weighted by atomic mass is 35.5. The lowest BCUT2D eigenvalue weighted by Gasteiger charge is -2.23. The highest BCUT2D eigenvalue weighted by Crippen LogP contribution is 2.29. The summed E-state index contributed by atoms with van der Waals surface area (Å²) in [5.74, 6) is -0.399. The van der Waals surface area contributed by atoms with Crippen molar-refractivity contribution in [3.8, 4) is 0 Å². The molecule has 0 aliphatic heterocycles. The van der Waals surface area contributed by atoms with Crippen LogP contribution in [0.25, 0.3) is 0 Å². The number of hydrogen-bond acceptors (Lipinski definition) is 2. The minimum Gasteiger partial charge on any atom is -0.352 e. The van der Waals surface area contributed by atoms with E-state index < -0.39 is 0 Å². The minimum atomic E-state index is -0.235. The molecule has 1 aromatic rings. The maximum absolute atomic E-state index is 12.1. The number of hydrogen-bond donors (Lipinski definition) is 1. The van der Waals surface area contributed by atoms with Gasteiger partial charge in [0.05, 0.1) is 10.7 Å². The molecule has 1 fully saturated rings. The van der Waals surface area contributed by atoms with Crippen molar-refractivity contribution in [2.45, 2.75) is 38.6 Å². The third-order valence-corrected chi connectivity index (χ3v) is 4.14. The summed E-state index contributed by atoms with van der Waals surface area (Å²) in [4.78, 5) is 25.3. The number of anilines is 1. The monoisotopic (exact) mass is 328 g/mol. The van der Waals surface area contributed by atoms with Crippen molar-refractivity contribution >= 4 is 40.7 Å². The second kappa shape index (κ2) is 7.14. The molecule has 0 atom stereocenters. The van der Waals surface area contributed by atoms with Crippen LogP contribution < -0.4 is 10.2 Å². The van der Waals surface area contributed by atoms with E-state index in [1.807, 2.05) is 0 Å². The molecule has 2 amide bonds. The van der Waals surface area contributed by atoms with Crippen molar-refractivity contribution in [1.82, 2.24) is 5.32 Å². The summed E-state index contributed by atoms with van der Waals surface area (Å²) >= 11 is 12.0. The lowest BCUT2D eigenvalue weighted by atomic mass is 10.2. The molecule has 1 aromatic carbocycles. The van der Waals surface area contributed by atoms with Gasteiger partial charge in [0, 0.05) is 18.0 Å². The normalized spacial score (nSPS) is 15.0. The van der Waals surface area contributed by atoms with Gasteiger partial charge in [-0.1, -0.05) is 36.0 Å². The van der Waals surface area contributed by atoms with Crippen LogP contribution in [0.5, 0.6) is 0 Å². The molecule has 0 bridgehead atoms. The second-order valence-electron chi connectivity index (χ2n) is 5.25. The van der Waals surface area contributed by atoms with Gasteiger partial charge in [-0.25, -0.2) is 0 Å². The van der Waals surface area contributed by atoms with Crippen molar-refractivity contribution in [2.24, 2.45) is 0 Å². The van der Waals surface area contributed by atoms with Crippen LogP contribution in [-0.4, -0.2) is 24.4 Å². The smallest absolute Gasteiger partial charge is 0.240 e. The minimum absolute atomic E-state index is 0.0345. The Morgan fingerprint density at radius 3 is 2.52 bits per heavy atom. The van der Waals surface area contributed by atoms with Crippen LogP contribution in [0, 0.1) is 0 Å². The van der Waals surface area contributed by atoms with E-state index in [4.69, 9.17) is 23.2 Å². The van der Waals surface area contributed by atoms with Gasteiger partial charge in [-0.15, -0.1) is 0 Å². The molecule has 0 heterocycles. The topological polar surface area (TPSA) is 49.4 Å². The Labute approximate surface area is 134 Å². The zero-order valence-corrected chi connectivity index (χ0v) is 13.4. The number of amides is 2. The van der Waals surface area contributed by atoms with Crippen LogP contribution in [-0.2, 0) is 9.59 Å². The van der Waals surface area contributed by atoms with E-state index in [-0.39, 0.29) is 24.4 Å². The first-order valence-electron chi connectivity index (χ1n) is 7.00. The quantitative estimate of drug-likeness (QED) is 0.920. The summed E-state index contributed by atoms with van der Waals surface area (Å²) in [5.41, 5.74) is 0.495. The van der Waals surface area contributed by atoms with Crippen molar-refractivity contribution in [3.63, 3.8) is 0 Å². The Bertz CT molecular complexity index is 542. The number of carbonyl (C=O) groups excluding carboxylic acids is 2. The molecule has 21 heavy (non-hydrogen) atoms. The first kappa shape index (κ1) is 16.1. The summed E-state index contributed by atoms with van der Waals surface area (Å²) in [6, 6.07) is 5.08. The number of rotatable bonds is 4. The Balaban J connectivity index is 2.08. The molecule has 2 rings (SSSR count). The van der Waals surface area contributed by atoms with Crippen molar-refractivity contribution in [1.29, 1.82) is 0 Å². The van der Waals surface area contributed by atoms with Gasteiger partial charge in [-0.05, 0) is 31.0 Å². The van der Waals surface area contributed by atoms with E-state index in [1.165, 1.54) is 11.8 Å². The molecular formula is C15H18Cl2N2O2. The van der Waals surface area contributed by atoms with Gasteiger partial charge < -0.3 is 10.2 Å². The summed E-state index contributed by atoms with van der Waals surface area (Å²) in [6.07, 6.45) is 4.30. The summed E-state index contributed by atoms with van der Waals surface area (Å²) < 4.78 is 0. The predicted molar refractivity (Wildman–Crippen MR) is 84.9 cm³/mol. The van der Waals surface area contributed by atoms with E-state index in [0.717, 1.165) is 25.7 Å². The Hall–Kier alpha value is -1.26. The van der Waals surface area contributed by atoms with Gasteiger partial charge in [0.15, 0.2) is 0 Å². The predicted octanol–water partition coefficient (Wildman–Crippen LogP) is 3.41. The van der Waals surface area contributed by atoms with E-state index in [2.05, 4.69) is 5.32 Å². The molecule has 1 aliphatic carbocycles. The number of halogens is 2. The lowest BCUT2D eigenvalue weighted by Crippen LogP contribution is -2.43. The summed E-state index contributed by atoms with van der Waals surface area (Å²) in [7, 11) is 0. The molecule has 4 nitrogen and oxygen atoms in total. The zero-order chi connectivity index (χ0) is 15.4. The molecule has 0 unspecified atom stereocenters. The summed E-state index contributed by atoms with van der Waals surface area (Å²) in [5, 5.41) is 3.80. The first-order valence-corrected chi connectivity index (χ1v) is 7.75. The van der Waals surface area contributed by atoms with Crippen LogP contribution in [0.15, 0.2) is 18.2 Å². The molecule has 0 saturated heterocycles. The fourth-order valence-corrected chi connectivity index (χ4v) is 3.06. The Morgan fingerprint density at radius 1 is 1.29 bits per heavy atom. The SMILES string of the molecule is CC(=O)N(CC(=O)NC1CCCC1)c1ccc(Cl)cc1Cl. The average Bonchev–Trinajstić information content (AvgIpc) is 2.89. The zero-order valence-electron chi connectivity index (χ0n) is 11.9. The third kappa shape index (κ3) is 4.35. The molecule has 6 heteroatoms. The third-order valence-electron chi connectivity index (χ3n) is 3.60. The molecule has 0 spiro atoms. The van der Waals surface area contributed by atoms with Crippen molar-refractivity contribution in [3.05, 3.63) is 28.2 Å². The highest BCUT2D eigenvalue weighted by Gasteiger charge is 2.22. The molecule has 114 valence electrons. The van der Waals surface area contributed by atoms with Gasteiger partial charge in [0.2, 0.25) is 11.8 Å². The molecular weight excluding hydrogens is 311 g/mol. The number of benzene rings is 1. The molecule has 1 N–H and O–H groups in total. The fourth-order valence-electron chi connectivity index (χ4n) is 2.55. The van der Waals surface area contributed by atoms with Gasteiger partial charge in [0.1, 0.15) is 6.54 Å². The van der Waals surface area contributed by atoms with E-state index >= 15 is 0 Å². The van der Waals surface area contributed by atoms with Crippen LogP contribution >= 0.6 is 23.2 Å². The van der Waals surface area contributed by atoms with Gasteiger partial charge in [-0.3, -0.25) is 9.59 Å². The standard InChI is InChI=1S/C15H18Cl2N2O2/c1-10(20)19(14-7-6-11(16)8-13(14)17)9-15(21)18-12-4-2-3-5-12/h6-8,12H,2-5,9H2,1H3,(H,18,21). The van der Waals surface area contributed by atoms with Crippen LogP contribution in [0.3, 0.4) is 0 Å². The maximum Gasteiger partial charge on any atom is 0.240 e. The van der Waals surface area contributed by atoms with E-state index in [0.29, 0.717) is 15.7 Å². The largest absolute Gasteiger partial charge is 0.352 e. The van der Waals surface area contributed by atoms with E-state index in [1.54, 1.807) is 18.2 Å². The molecule has 0 aromatic heterocycles. The highest BCUT2D eigenvalue weighted by molar-refractivity contribution is 6.36. The molecule has 1 saturated carbocycles. The maximum atomic E-state index is 12.1. The van der Waals surface area contributed by atoms with Gasteiger partial charge in [-0.2, -0.15) is 0 Å². The Kier molecular flexibility index (Phi) is 5.48. The lowest BCUT2D eigenvalue weighted by molar-refractivity contribution is -0.123. The molecule has 1 aliphatic rings. The van der Waals surface area contributed by atoms with Crippen LogP contribution in [0.2, 0.25) is 10.0 Å². The number of carbonyl (C=O) groups is 2. The van der Waals surface area contributed by atoms with E-state index in [9.17, 15) is 9.59 Å². The van der Waals surface area contributed by atoms with Gasteiger partial charge in [0.25, 0.3) is 0 Å². The number of nitrogens with zero attached hydrogens (tertiary/aromatic N) is 1. The van der Waals surface area contributed by atoms with Gasteiger partial charge >= 0.3 is 0 Å². The average molecular weight is 329 g/mol. The second-order valence-corrected chi connectivity index (χ2v) is 6.09. The summed E-state index contributed by atoms with van der Waals surface area (Å²) in [6.45, 7) is 1.38. The van der Waals surface area contributed by atoms with Crippen molar-refractivity contribution in [2.75, 3.05) is 11.4 Å². The molecule has 0 radical (unpaired) electrons. The van der Waals surface area contributed by atoms with Crippen molar-refractivity contribution < 1.29 is 9.59 Å².